The van der Waals surface area contributed by atoms with Gasteiger partial charge in [-0.15, -0.1) is 0 Å². The SMILES string of the molecule is CNc1nc(-c2cc(C#N)ccn2)c2cnn(Cc3c(F)cccc3F)c2n1. The minimum atomic E-state index is -0.657. The van der Waals surface area contributed by atoms with Crippen LogP contribution in [0, 0.1) is 23.0 Å². The first kappa shape index (κ1) is 17.5. The number of rotatable bonds is 4. The number of nitrogens with one attached hydrogen (secondary N) is 1. The summed E-state index contributed by atoms with van der Waals surface area (Å²) in [4.78, 5) is 13.1. The number of aromatic nitrogens is 5. The van der Waals surface area contributed by atoms with Gasteiger partial charge in [-0.2, -0.15) is 15.3 Å². The van der Waals surface area contributed by atoms with Crippen molar-refractivity contribution in [2.24, 2.45) is 0 Å². The van der Waals surface area contributed by atoms with E-state index in [0.29, 0.717) is 33.9 Å². The molecule has 138 valence electrons. The number of anilines is 1. The Bertz CT molecular complexity index is 1210. The standard InChI is InChI=1S/C19H13F2N7/c1-23-19-26-17(16-7-11(8-22)5-6-24-16)12-9-25-28(18(12)27-19)10-13-14(20)3-2-4-15(13)21/h2-7,9H,10H2,1H3,(H,23,26,27). The molecule has 3 aromatic heterocycles. The van der Waals surface area contributed by atoms with Gasteiger partial charge < -0.3 is 5.32 Å². The van der Waals surface area contributed by atoms with E-state index < -0.39 is 11.6 Å². The Balaban J connectivity index is 1.89. The van der Waals surface area contributed by atoms with E-state index in [9.17, 15) is 8.78 Å². The van der Waals surface area contributed by atoms with Crippen LogP contribution in [0.15, 0.2) is 42.7 Å². The van der Waals surface area contributed by atoms with Gasteiger partial charge in [0.2, 0.25) is 5.95 Å². The molecule has 0 aliphatic heterocycles. The first-order valence-corrected chi connectivity index (χ1v) is 8.31. The molecule has 0 radical (unpaired) electrons. The summed E-state index contributed by atoms with van der Waals surface area (Å²) in [5.41, 5.74) is 1.65. The predicted molar refractivity (Wildman–Crippen MR) is 98.3 cm³/mol. The van der Waals surface area contributed by atoms with Crippen molar-refractivity contribution in [3.05, 3.63) is 65.5 Å². The maximum Gasteiger partial charge on any atom is 0.225 e. The third-order valence-electron chi connectivity index (χ3n) is 4.22. The summed E-state index contributed by atoms with van der Waals surface area (Å²) in [6.07, 6.45) is 3.03. The van der Waals surface area contributed by atoms with Gasteiger partial charge in [-0.1, -0.05) is 6.07 Å². The maximum atomic E-state index is 14.0. The molecule has 1 aromatic carbocycles. The summed E-state index contributed by atoms with van der Waals surface area (Å²) in [6, 6.07) is 8.95. The van der Waals surface area contributed by atoms with Crippen LogP contribution in [0.4, 0.5) is 14.7 Å². The Labute approximate surface area is 158 Å². The van der Waals surface area contributed by atoms with Gasteiger partial charge in [0.05, 0.1) is 35.5 Å². The van der Waals surface area contributed by atoms with Gasteiger partial charge in [0, 0.05) is 18.8 Å². The second kappa shape index (κ2) is 7.00. The van der Waals surface area contributed by atoms with Crippen molar-refractivity contribution in [3.63, 3.8) is 0 Å². The first-order valence-electron chi connectivity index (χ1n) is 8.31. The Morgan fingerprint density at radius 2 is 1.96 bits per heavy atom. The molecule has 28 heavy (non-hydrogen) atoms. The Morgan fingerprint density at radius 1 is 1.18 bits per heavy atom. The van der Waals surface area contributed by atoms with Gasteiger partial charge in [-0.3, -0.25) is 4.98 Å². The number of hydrogen-bond acceptors (Lipinski definition) is 6. The zero-order chi connectivity index (χ0) is 19.7. The molecule has 3 heterocycles. The molecular weight excluding hydrogens is 364 g/mol. The summed E-state index contributed by atoms with van der Waals surface area (Å²) >= 11 is 0. The molecular formula is C19H13F2N7. The molecule has 0 saturated carbocycles. The van der Waals surface area contributed by atoms with Gasteiger partial charge in [0.1, 0.15) is 17.3 Å². The fraction of sp³-hybridized carbons (Fsp3) is 0.105. The highest BCUT2D eigenvalue weighted by molar-refractivity contribution is 5.90. The molecule has 0 aliphatic carbocycles. The largest absolute Gasteiger partial charge is 0.357 e. The van der Waals surface area contributed by atoms with Crippen LogP contribution in [-0.2, 0) is 6.54 Å². The third kappa shape index (κ3) is 3.01. The van der Waals surface area contributed by atoms with E-state index in [1.54, 1.807) is 19.2 Å². The third-order valence-corrected chi connectivity index (χ3v) is 4.22. The number of fused-ring (bicyclic) bond motifs is 1. The van der Waals surface area contributed by atoms with Crippen molar-refractivity contribution < 1.29 is 8.78 Å². The Morgan fingerprint density at radius 3 is 2.68 bits per heavy atom. The highest BCUT2D eigenvalue weighted by Gasteiger charge is 2.17. The Kier molecular flexibility index (Phi) is 4.37. The zero-order valence-corrected chi connectivity index (χ0v) is 14.7. The van der Waals surface area contributed by atoms with Crippen LogP contribution < -0.4 is 5.32 Å². The molecule has 1 N–H and O–H groups in total. The summed E-state index contributed by atoms with van der Waals surface area (Å²) in [5, 5.41) is 16.8. The molecule has 0 bridgehead atoms. The van der Waals surface area contributed by atoms with Crippen LogP contribution in [0.2, 0.25) is 0 Å². The molecule has 0 amide bonds. The predicted octanol–water partition coefficient (Wildman–Crippen LogP) is 3.13. The molecule has 0 aliphatic rings. The summed E-state index contributed by atoms with van der Waals surface area (Å²) in [6.45, 7) is -0.132. The van der Waals surface area contributed by atoms with E-state index in [0.717, 1.165) is 0 Å². The van der Waals surface area contributed by atoms with Crippen LogP contribution >= 0.6 is 0 Å². The fourth-order valence-corrected chi connectivity index (χ4v) is 2.84. The molecule has 0 atom stereocenters. The lowest BCUT2D eigenvalue weighted by Gasteiger charge is -2.08. The lowest BCUT2D eigenvalue weighted by molar-refractivity contribution is 0.536. The van der Waals surface area contributed by atoms with Gasteiger partial charge in [0.15, 0.2) is 5.65 Å². The molecule has 0 spiro atoms. The number of nitrogens with zero attached hydrogens (tertiary/aromatic N) is 6. The molecule has 4 aromatic rings. The second-order valence-corrected chi connectivity index (χ2v) is 5.93. The normalized spacial score (nSPS) is 10.8. The number of pyridine rings is 1. The number of hydrogen-bond donors (Lipinski definition) is 1. The van der Waals surface area contributed by atoms with Crippen molar-refractivity contribution >= 4 is 17.0 Å². The topological polar surface area (TPSA) is 92.3 Å². The van der Waals surface area contributed by atoms with Crippen LogP contribution in [-0.4, -0.2) is 31.8 Å². The molecule has 0 unspecified atom stereocenters. The smallest absolute Gasteiger partial charge is 0.225 e. The molecule has 4 rings (SSSR count). The second-order valence-electron chi connectivity index (χ2n) is 5.93. The minimum Gasteiger partial charge on any atom is -0.357 e. The van der Waals surface area contributed by atoms with E-state index in [-0.39, 0.29) is 12.1 Å². The van der Waals surface area contributed by atoms with E-state index in [2.05, 4.69) is 31.4 Å². The van der Waals surface area contributed by atoms with Crippen molar-refractivity contribution in [1.29, 1.82) is 5.26 Å². The van der Waals surface area contributed by atoms with Gasteiger partial charge in [-0.05, 0) is 24.3 Å². The van der Waals surface area contributed by atoms with E-state index in [1.165, 1.54) is 35.3 Å². The monoisotopic (exact) mass is 377 g/mol. The molecule has 9 heteroatoms. The molecule has 0 saturated heterocycles. The maximum absolute atomic E-state index is 14.0. The van der Waals surface area contributed by atoms with Crippen molar-refractivity contribution in [1.82, 2.24) is 24.7 Å². The van der Waals surface area contributed by atoms with E-state index >= 15 is 0 Å². The van der Waals surface area contributed by atoms with Gasteiger partial charge in [-0.25, -0.2) is 18.4 Å². The number of nitriles is 1. The average Bonchev–Trinajstić information content (AvgIpc) is 3.12. The highest BCUT2D eigenvalue weighted by atomic mass is 19.1. The van der Waals surface area contributed by atoms with Crippen LogP contribution in [0.1, 0.15) is 11.1 Å². The fourth-order valence-electron chi connectivity index (χ4n) is 2.84. The lowest BCUT2D eigenvalue weighted by atomic mass is 10.1. The average molecular weight is 377 g/mol. The summed E-state index contributed by atoms with van der Waals surface area (Å²) in [7, 11) is 1.65. The van der Waals surface area contributed by atoms with Crippen molar-refractivity contribution in [2.75, 3.05) is 12.4 Å². The highest BCUT2D eigenvalue weighted by Crippen LogP contribution is 2.27. The number of halogens is 2. The van der Waals surface area contributed by atoms with Crippen LogP contribution in [0.5, 0.6) is 0 Å². The quantitative estimate of drug-likeness (QED) is 0.587. The summed E-state index contributed by atoms with van der Waals surface area (Å²) in [5.74, 6) is -1.02. The first-order chi connectivity index (χ1) is 13.6. The minimum absolute atomic E-state index is 0.108. The lowest BCUT2D eigenvalue weighted by Crippen LogP contribution is -2.08. The molecule has 0 fully saturated rings. The van der Waals surface area contributed by atoms with Crippen molar-refractivity contribution in [3.8, 4) is 17.5 Å². The van der Waals surface area contributed by atoms with Crippen molar-refractivity contribution in [2.45, 2.75) is 6.54 Å². The van der Waals surface area contributed by atoms with E-state index in [1.807, 2.05) is 0 Å². The summed E-state index contributed by atoms with van der Waals surface area (Å²) < 4.78 is 29.5. The zero-order valence-electron chi connectivity index (χ0n) is 14.7. The Hall–Kier alpha value is -3.93. The van der Waals surface area contributed by atoms with Crippen LogP contribution in [0.25, 0.3) is 22.4 Å². The molecule has 7 nitrogen and oxygen atoms in total. The number of benzene rings is 1. The van der Waals surface area contributed by atoms with Crippen LogP contribution in [0.3, 0.4) is 0 Å². The van der Waals surface area contributed by atoms with Gasteiger partial charge >= 0.3 is 0 Å². The van der Waals surface area contributed by atoms with E-state index in [4.69, 9.17) is 5.26 Å². The van der Waals surface area contributed by atoms with Gasteiger partial charge in [0.25, 0.3) is 0 Å².